The Bertz CT molecular complexity index is 782. The Kier molecular flexibility index (Phi) is 7.31. The Balaban J connectivity index is 2.32. The van der Waals surface area contributed by atoms with E-state index >= 15 is 0 Å². The molecule has 0 aliphatic carbocycles. The van der Waals surface area contributed by atoms with Crippen LogP contribution in [0.3, 0.4) is 0 Å². The van der Waals surface area contributed by atoms with E-state index in [0.29, 0.717) is 10.4 Å². The van der Waals surface area contributed by atoms with Crippen molar-refractivity contribution in [2.45, 2.75) is 13.8 Å². The van der Waals surface area contributed by atoms with Gasteiger partial charge in [0.1, 0.15) is 16.5 Å². The number of rotatable bonds is 8. The minimum Gasteiger partial charge on any atom is -0.462 e. The second-order valence-electron chi connectivity index (χ2n) is 5.04. The first-order valence-electron chi connectivity index (χ1n) is 7.81. The topological polar surface area (TPSA) is 90.9 Å². The summed E-state index contributed by atoms with van der Waals surface area (Å²) in [7, 11) is 1.50. The van der Waals surface area contributed by atoms with Gasteiger partial charge in [0.25, 0.3) is 5.91 Å². The first-order chi connectivity index (χ1) is 12.5. The molecule has 0 aliphatic heterocycles. The van der Waals surface area contributed by atoms with Crippen LogP contribution in [-0.2, 0) is 14.2 Å². The van der Waals surface area contributed by atoms with Crippen molar-refractivity contribution in [2.24, 2.45) is 0 Å². The average molecular weight is 397 g/mol. The SMILES string of the molecule is CCOC(=O)c1c(NC(=O)c2cccs2)sc(C(=O)OCCOC)c1C. The van der Waals surface area contributed by atoms with Crippen molar-refractivity contribution >= 4 is 45.5 Å². The summed E-state index contributed by atoms with van der Waals surface area (Å²) in [6, 6.07) is 3.43. The molecule has 2 heterocycles. The molecular weight excluding hydrogens is 378 g/mol. The maximum Gasteiger partial charge on any atom is 0.348 e. The summed E-state index contributed by atoms with van der Waals surface area (Å²) in [6.45, 7) is 3.85. The van der Waals surface area contributed by atoms with Gasteiger partial charge in [0.05, 0.1) is 23.7 Å². The number of ether oxygens (including phenoxy) is 3. The number of hydrogen-bond acceptors (Lipinski definition) is 8. The molecule has 1 N–H and O–H groups in total. The number of nitrogens with one attached hydrogen (secondary N) is 1. The number of esters is 2. The van der Waals surface area contributed by atoms with E-state index in [-0.39, 0.29) is 41.2 Å². The Hall–Kier alpha value is -2.23. The Morgan fingerprint density at radius 2 is 1.92 bits per heavy atom. The van der Waals surface area contributed by atoms with E-state index in [4.69, 9.17) is 14.2 Å². The van der Waals surface area contributed by atoms with Crippen LogP contribution in [0.5, 0.6) is 0 Å². The molecule has 0 atom stereocenters. The third kappa shape index (κ3) is 4.69. The number of thiophene rings is 2. The van der Waals surface area contributed by atoms with Crippen molar-refractivity contribution in [2.75, 3.05) is 32.2 Å². The van der Waals surface area contributed by atoms with Gasteiger partial charge in [-0.3, -0.25) is 4.79 Å². The number of hydrogen-bond donors (Lipinski definition) is 1. The minimum absolute atomic E-state index is 0.0955. The molecule has 0 bridgehead atoms. The summed E-state index contributed by atoms with van der Waals surface area (Å²) in [5.41, 5.74) is 0.581. The van der Waals surface area contributed by atoms with Crippen molar-refractivity contribution < 1.29 is 28.6 Å². The molecule has 7 nitrogen and oxygen atoms in total. The van der Waals surface area contributed by atoms with Crippen LogP contribution in [0.4, 0.5) is 5.00 Å². The van der Waals surface area contributed by atoms with Crippen molar-refractivity contribution in [3.8, 4) is 0 Å². The van der Waals surface area contributed by atoms with E-state index in [9.17, 15) is 14.4 Å². The summed E-state index contributed by atoms with van der Waals surface area (Å²) in [5.74, 6) is -1.53. The highest BCUT2D eigenvalue weighted by atomic mass is 32.1. The third-order valence-corrected chi connectivity index (χ3v) is 5.36. The van der Waals surface area contributed by atoms with Gasteiger partial charge in [-0.1, -0.05) is 6.07 Å². The Labute approximate surface area is 158 Å². The van der Waals surface area contributed by atoms with Gasteiger partial charge in [-0.15, -0.1) is 22.7 Å². The fourth-order valence-electron chi connectivity index (χ4n) is 2.10. The summed E-state index contributed by atoms with van der Waals surface area (Å²) < 4.78 is 15.0. The summed E-state index contributed by atoms with van der Waals surface area (Å²) in [6.07, 6.45) is 0. The fraction of sp³-hybridized carbons (Fsp3) is 0.353. The van der Waals surface area contributed by atoms with Gasteiger partial charge in [-0.25, -0.2) is 9.59 Å². The zero-order valence-electron chi connectivity index (χ0n) is 14.6. The van der Waals surface area contributed by atoms with E-state index in [1.54, 1.807) is 31.4 Å². The molecule has 2 aromatic rings. The third-order valence-electron chi connectivity index (χ3n) is 3.30. The number of methoxy groups -OCH3 is 1. The van der Waals surface area contributed by atoms with Gasteiger partial charge in [-0.2, -0.15) is 0 Å². The van der Waals surface area contributed by atoms with Crippen molar-refractivity contribution in [3.05, 3.63) is 38.4 Å². The lowest BCUT2D eigenvalue weighted by Gasteiger charge is -2.06. The summed E-state index contributed by atoms with van der Waals surface area (Å²) in [5, 5.41) is 4.73. The smallest absolute Gasteiger partial charge is 0.348 e. The van der Waals surface area contributed by atoms with Crippen molar-refractivity contribution in [1.82, 2.24) is 0 Å². The van der Waals surface area contributed by atoms with Crippen LogP contribution in [-0.4, -0.2) is 44.8 Å². The van der Waals surface area contributed by atoms with Crippen LogP contribution in [0.15, 0.2) is 17.5 Å². The van der Waals surface area contributed by atoms with Crippen LogP contribution >= 0.6 is 22.7 Å². The molecule has 1 amide bonds. The van der Waals surface area contributed by atoms with Gasteiger partial charge < -0.3 is 19.5 Å². The van der Waals surface area contributed by atoms with E-state index in [1.165, 1.54) is 18.4 Å². The average Bonchev–Trinajstić information content (AvgIpc) is 3.23. The molecule has 0 fully saturated rings. The van der Waals surface area contributed by atoms with Gasteiger partial charge in [0, 0.05) is 7.11 Å². The van der Waals surface area contributed by atoms with Gasteiger partial charge >= 0.3 is 11.9 Å². The van der Waals surface area contributed by atoms with Crippen molar-refractivity contribution in [3.63, 3.8) is 0 Å². The van der Waals surface area contributed by atoms with Crippen LogP contribution in [0.2, 0.25) is 0 Å². The summed E-state index contributed by atoms with van der Waals surface area (Å²) >= 11 is 2.27. The van der Waals surface area contributed by atoms with Gasteiger partial charge in [0.2, 0.25) is 0 Å². The molecule has 2 rings (SSSR count). The Morgan fingerprint density at radius 3 is 2.54 bits per heavy atom. The molecule has 0 saturated carbocycles. The highest BCUT2D eigenvalue weighted by Gasteiger charge is 2.27. The second kappa shape index (κ2) is 9.46. The van der Waals surface area contributed by atoms with E-state index < -0.39 is 11.9 Å². The first-order valence-corrected chi connectivity index (χ1v) is 9.50. The molecule has 140 valence electrons. The molecule has 0 aliphatic rings. The standard InChI is InChI=1S/C17H19NO6S2/c1-4-23-16(20)12-10(2)13(17(21)24-8-7-22-3)26-15(12)18-14(19)11-6-5-9-25-11/h5-6,9H,4,7-8H2,1-3H3,(H,18,19). The van der Waals surface area contributed by atoms with E-state index in [0.717, 1.165) is 11.3 Å². The highest BCUT2D eigenvalue weighted by Crippen LogP contribution is 2.34. The largest absolute Gasteiger partial charge is 0.462 e. The molecule has 2 aromatic heterocycles. The molecular formula is C17H19NO6S2. The second-order valence-corrected chi connectivity index (χ2v) is 7.01. The lowest BCUT2D eigenvalue weighted by molar-refractivity contribution is 0.0392. The maximum absolute atomic E-state index is 12.3. The van der Waals surface area contributed by atoms with Crippen LogP contribution in [0.25, 0.3) is 0 Å². The summed E-state index contributed by atoms with van der Waals surface area (Å²) in [4.78, 5) is 37.7. The fourth-order valence-corrected chi connectivity index (χ4v) is 3.80. The zero-order chi connectivity index (χ0) is 19.1. The predicted octanol–water partition coefficient (Wildman–Crippen LogP) is 3.35. The molecule has 0 unspecified atom stereocenters. The normalized spacial score (nSPS) is 10.4. The first kappa shape index (κ1) is 20.1. The van der Waals surface area contributed by atoms with Crippen LogP contribution in [0.1, 0.15) is 42.2 Å². The van der Waals surface area contributed by atoms with Crippen LogP contribution < -0.4 is 5.32 Å². The van der Waals surface area contributed by atoms with Crippen LogP contribution in [0, 0.1) is 6.92 Å². The quantitative estimate of drug-likeness (QED) is 0.543. The maximum atomic E-state index is 12.3. The predicted molar refractivity (Wildman–Crippen MR) is 99.4 cm³/mol. The number of anilines is 1. The minimum atomic E-state index is -0.598. The van der Waals surface area contributed by atoms with Gasteiger partial charge in [-0.05, 0) is 30.9 Å². The lowest BCUT2D eigenvalue weighted by Crippen LogP contribution is -2.14. The highest BCUT2D eigenvalue weighted by molar-refractivity contribution is 7.19. The molecule has 9 heteroatoms. The number of amides is 1. The molecule has 0 spiro atoms. The van der Waals surface area contributed by atoms with E-state index in [2.05, 4.69) is 5.32 Å². The number of carbonyl (C=O) groups excluding carboxylic acids is 3. The molecule has 0 aromatic carbocycles. The zero-order valence-corrected chi connectivity index (χ0v) is 16.3. The van der Waals surface area contributed by atoms with Crippen molar-refractivity contribution in [1.29, 1.82) is 0 Å². The molecule has 0 saturated heterocycles. The molecule has 26 heavy (non-hydrogen) atoms. The number of carbonyl (C=O) groups is 3. The van der Waals surface area contributed by atoms with E-state index in [1.807, 2.05) is 0 Å². The van der Waals surface area contributed by atoms with Gasteiger partial charge in [0.15, 0.2) is 0 Å². The molecule has 0 radical (unpaired) electrons. The lowest BCUT2D eigenvalue weighted by atomic mass is 10.1. The Morgan fingerprint density at radius 1 is 1.15 bits per heavy atom. The monoisotopic (exact) mass is 397 g/mol.